The normalized spacial score (nSPS) is 14.0. The highest BCUT2D eigenvalue weighted by molar-refractivity contribution is 7.99. The van der Waals surface area contributed by atoms with E-state index in [2.05, 4.69) is 10.2 Å². The van der Waals surface area contributed by atoms with Crippen LogP contribution in [0.15, 0.2) is 29.6 Å². The molecule has 4 nitrogen and oxygen atoms in total. The van der Waals surface area contributed by atoms with Gasteiger partial charge in [0.15, 0.2) is 10.8 Å². The molecule has 98 valence electrons. The Hall–Kier alpha value is -1.28. The zero-order chi connectivity index (χ0) is 13.2. The number of nitrogens with two attached hydrogens (primary N) is 1. The molecule has 0 aromatic carbocycles. The molecule has 2 heterocycles. The summed E-state index contributed by atoms with van der Waals surface area (Å²) in [5.41, 5.74) is 5.74. The molecule has 0 aliphatic rings. The van der Waals surface area contributed by atoms with Gasteiger partial charge in [0, 0.05) is 18.5 Å². The molecule has 0 radical (unpaired) electrons. The van der Waals surface area contributed by atoms with E-state index in [4.69, 9.17) is 5.73 Å². The number of hydrogen-bond acceptors (Lipinski definition) is 4. The van der Waals surface area contributed by atoms with Crippen molar-refractivity contribution in [2.24, 2.45) is 11.7 Å². The number of thioether (sulfide) groups is 1. The molecule has 0 aliphatic carbocycles. The molecule has 2 aromatic heterocycles. The van der Waals surface area contributed by atoms with E-state index < -0.39 is 18.6 Å². The van der Waals surface area contributed by atoms with Gasteiger partial charge in [-0.25, -0.2) is 0 Å². The average Bonchev–Trinajstić information content (AvgIpc) is 2.72. The molecule has 18 heavy (non-hydrogen) atoms. The lowest BCUT2D eigenvalue weighted by Crippen LogP contribution is -2.32. The van der Waals surface area contributed by atoms with Gasteiger partial charge in [0.05, 0.1) is 5.92 Å². The van der Waals surface area contributed by atoms with Gasteiger partial charge in [0.2, 0.25) is 0 Å². The third-order valence-electron chi connectivity index (χ3n) is 2.44. The van der Waals surface area contributed by atoms with Gasteiger partial charge in [-0.3, -0.25) is 4.40 Å². The van der Waals surface area contributed by atoms with Gasteiger partial charge in [0.25, 0.3) is 0 Å². The monoisotopic (exact) mass is 276 g/mol. The van der Waals surface area contributed by atoms with Gasteiger partial charge < -0.3 is 5.73 Å². The van der Waals surface area contributed by atoms with E-state index in [0.29, 0.717) is 10.8 Å². The molecule has 0 fully saturated rings. The van der Waals surface area contributed by atoms with Gasteiger partial charge in [-0.15, -0.1) is 10.2 Å². The first kappa shape index (κ1) is 13.2. The van der Waals surface area contributed by atoms with Crippen LogP contribution < -0.4 is 5.73 Å². The Morgan fingerprint density at radius 2 is 2.11 bits per heavy atom. The van der Waals surface area contributed by atoms with Gasteiger partial charge in [-0.2, -0.15) is 13.2 Å². The van der Waals surface area contributed by atoms with Crippen LogP contribution in [0.25, 0.3) is 5.65 Å². The summed E-state index contributed by atoms with van der Waals surface area (Å²) in [5, 5.41) is 8.15. The molecule has 2 N–H and O–H groups in total. The first-order valence-electron chi connectivity index (χ1n) is 5.21. The van der Waals surface area contributed by atoms with Gasteiger partial charge in [-0.05, 0) is 12.1 Å². The smallest absolute Gasteiger partial charge is 0.330 e. The molecule has 0 saturated heterocycles. The number of nitrogens with zero attached hydrogens (tertiary/aromatic N) is 3. The highest BCUT2D eigenvalue weighted by Crippen LogP contribution is 2.30. The van der Waals surface area contributed by atoms with Gasteiger partial charge in [-0.1, -0.05) is 17.8 Å². The molecule has 2 aromatic rings. The third-order valence-corrected chi connectivity index (χ3v) is 3.55. The van der Waals surface area contributed by atoms with Crippen molar-refractivity contribution in [2.45, 2.75) is 11.3 Å². The molecule has 1 atom stereocenters. The van der Waals surface area contributed by atoms with Crippen LogP contribution in [0.3, 0.4) is 0 Å². The Kier molecular flexibility index (Phi) is 3.76. The number of fused-ring (bicyclic) bond motifs is 1. The minimum atomic E-state index is -4.28. The SMILES string of the molecule is NCC(CSc1nnc2ccccn12)C(F)(F)F. The molecule has 0 spiro atoms. The fourth-order valence-electron chi connectivity index (χ4n) is 1.39. The second-order valence-electron chi connectivity index (χ2n) is 3.70. The average molecular weight is 276 g/mol. The zero-order valence-electron chi connectivity index (χ0n) is 9.26. The summed E-state index contributed by atoms with van der Waals surface area (Å²) in [6, 6.07) is 5.29. The lowest BCUT2D eigenvalue weighted by atomic mass is 10.2. The summed E-state index contributed by atoms with van der Waals surface area (Å²) in [6.07, 6.45) is -2.56. The minimum absolute atomic E-state index is 0.157. The molecule has 0 saturated carbocycles. The Labute approximate surface area is 105 Å². The van der Waals surface area contributed by atoms with Crippen LogP contribution in [-0.2, 0) is 0 Å². The van der Waals surface area contributed by atoms with Crippen LogP contribution in [0, 0.1) is 5.92 Å². The van der Waals surface area contributed by atoms with Crippen LogP contribution in [0.1, 0.15) is 0 Å². The first-order valence-corrected chi connectivity index (χ1v) is 6.20. The molecule has 2 rings (SSSR count). The van der Waals surface area contributed by atoms with E-state index in [1.165, 1.54) is 0 Å². The molecule has 8 heteroatoms. The van der Waals surface area contributed by atoms with Crippen molar-refractivity contribution in [2.75, 3.05) is 12.3 Å². The van der Waals surface area contributed by atoms with Crippen LogP contribution in [-0.4, -0.2) is 33.1 Å². The van der Waals surface area contributed by atoms with E-state index in [1.807, 2.05) is 0 Å². The van der Waals surface area contributed by atoms with E-state index in [9.17, 15) is 13.2 Å². The first-order chi connectivity index (χ1) is 8.52. The summed E-state index contributed by atoms with van der Waals surface area (Å²) in [7, 11) is 0. The van der Waals surface area contributed by atoms with E-state index in [0.717, 1.165) is 11.8 Å². The minimum Gasteiger partial charge on any atom is -0.330 e. The van der Waals surface area contributed by atoms with Crippen molar-refractivity contribution in [3.8, 4) is 0 Å². The topological polar surface area (TPSA) is 56.2 Å². The summed E-state index contributed by atoms with van der Waals surface area (Å²) in [6.45, 7) is -0.423. The fraction of sp³-hybridized carbons (Fsp3) is 0.400. The Bertz CT molecular complexity index is 525. The maximum absolute atomic E-state index is 12.5. The number of halogens is 3. The molecule has 0 bridgehead atoms. The van der Waals surface area contributed by atoms with Crippen molar-refractivity contribution >= 4 is 17.4 Å². The summed E-state index contributed by atoms with van der Waals surface area (Å²) in [5.74, 6) is -1.69. The maximum atomic E-state index is 12.5. The van der Waals surface area contributed by atoms with Gasteiger partial charge in [0.1, 0.15) is 0 Å². The van der Waals surface area contributed by atoms with Crippen LogP contribution in [0.5, 0.6) is 0 Å². The fourth-order valence-corrected chi connectivity index (χ4v) is 2.46. The van der Waals surface area contributed by atoms with Gasteiger partial charge >= 0.3 is 6.18 Å². The molecular formula is C10H11F3N4S. The van der Waals surface area contributed by atoms with Crippen molar-refractivity contribution in [3.05, 3.63) is 24.4 Å². The molecule has 0 amide bonds. The summed E-state index contributed by atoms with van der Waals surface area (Å²) in [4.78, 5) is 0. The van der Waals surface area contributed by atoms with Crippen molar-refractivity contribution in [1.82, 2.24) is 14.6 Å². The van der Waals surface area contributed by atoms with Crippen LogP contribution >= 0.6 is 11.8 Å². The number of hydrogen-bond donors (Lipinski definition) is 1. The largest absolute Gasteiger partial charge is 0.393 e. The third kappa shape index (κ3) is 2.75. The van der Waals surface area contributed by atoms with E-state index in [-0.39, 0.29) is 5.75 Å². The Morgan fingerprint density at radius 1 is 1.33 bits per heavy atom. The molecular weight excluding hydrogens is 265 g/mol. The molecule has 0 aliphatic heterocycles. The van der Waals surface area contributed by atoms with E-state index in [1.54, 1.807) is 28.8 Å². The number of pyridine rings is 1. The van der Waals surface area contributed by atoms with Crippen molar-refractivity contribution in [3.63, 3.8) is 0 Å². The predicted molar refractivity (Wildman–Crippen MR) is 62.3 cm³/mol. The van der Waals surface area contributed by atoms with E-state index >= 15 is 0 Å². The number of aromatic nitrogens is 3. The summed E-state index contributed by atoms with van der Waals surface area (Å²) < 4.78 is 39.2. The second kappa shape index (κ2) is 5.15. The van der Waals surface area contributed by atoms with Crippen molar-refractivity contribution in [1.29, 1.82) is 0 Å². The molecule has 1 unspecified atom stereocenters. The second-order valence-corrected chi connectivity index (χ2v) is 4.68. The van der Waals surface area contributed by atoms with Crippen molar-refractivity contribution < 1.29 is 13.2 Å². The lowest BCUT2D eigenvalue weighted by molar-refractivity contribution is -0.165. The predicted octanol–water partition coefficient (Wildman–Crippen LogP) is 1.96. The lowest BCUT2D eigenvalue weighted by Gasteiger charge is -2.17. The Balaban J connectivity index is 2.10. The Morgan fingerprint density at radius 3 is 2.78 bits per heavy atom. The number of rotatable bonds is 4. The standard InChI is InChI=1S/C10H11F3N4S/c11-10(12,13)7(5-14)6-18-9-16-15-8-3-1-2-4-17(8)9/h1-4,7H,5-6,14H2. The highest BCUT2D eigenvalue weighted by atomic mass is 32.2. The van der Waals surface area contributed by atoms with Crippen LogP contribution in [0.4, 0.5) is 13.2 Å². The zero-order valence-corrected chi connectivity index (χ0v) is 10.1. The highest BCUT2D eigenvalue weighted by Gasteiger charge is 2.38. The number of alkyl halides is 3. The quantitative estimate of drug-likeness (QED) is 0.867. The summed E-state index contributed by atoms with van der Waals surface area (Å²) >= 11 is 1.01. The van der Waals surface area contributed by atoms with Crippen LogP contribution in [0.2, 0.25) is 0 Å². The maximum Gasteiger partial charge on any atom is 0.393 e.